The highest BCUT2D eigenvalue weighted by Crippen LogP contribution is 2.22. The van der Waals surface area contributed by atoms with Crippen molar-refractivity contribution in [2.24, 2.45) is 0 Å². The van der Waals surface area contributed by atoms with Crippen molar-refractivity contribution in [2.75, 3.05) is 20.7 Å². The minimum atomic E-state index is -3.71. The SMILES string of the molecule is CCOc1ccc(C(=O)Cn2c(=O)oc3cc(S(=O)(=O)N(C)C)ccc32)cc1F. The van der Waals surface area contributed by atoms with Gasteiger partial charge in [0.15, 0.2) is 22.9 Å². The molecule has 0 N–H and O–H groups in total. The van der Waals surface area contributed by atoms with Crippen molar-refractivity contribution in [1.82, 2.24) is 8.87 Å². The maximum absolute atomic E-state index is 14.0. The first kappa shape index (κ1) is 20.7. The van der Waals surface area contributed by atoms with Gasteiger partial charge >= 0.3 is 5.76 Å². The zero-order valence-electron chi connectivity index (χ0n) is 16.0. The highest BCUT2D eigenvalue weighted by atomic mass is 32.2. The molecule has 0 atom stereocenters. The summed E-state index contributed by atoms with van der Waals surface area (Å²) >= 11 is 0. The molecule has 0 bridgehead atoms. The maximum Gasteiger partial charge on any atom is 0.420 e. The third-order valence-corrected chi connectivity index (χ3v) is 6.08. The molecule has 29 heavy (non-hydrogen) atoms. The number of aromatic nitrogens is 1. The monoisotopic (exact) mass is 422 g/mol. The van der Waals surface area contributed by atoms with Gasteiger partial charge in [0.2, 0.25) is 10.0 Å². The fourth-order valence-electron chi connectivity index (χ4n) is 2.75. The molecule has 0 spiro atoms. The number of nitrogens with zero attached hydrogens (tertiary/aromatic N) is 2. The fourth-order valence-corrected chi connectivity index (χ4v) is 3.67. The van der Waals surface area contributed by atoms with Crippen LogP contribution in [0.1, 0.15) is 17.3 Å². The van der Waals surface area contributed by atoms with Crippen LogP contribution in [0.3, 0.4) is 0 Å². The van der Waals surface area contributed by atoms with Crippen LogP contribution in [0, 0.1) is 5.82 Å². The van der Waals surface area contributed by atoms with Gasteiger partial charge in [-0.15, -0.1) is 0 Å². The van der Waals surface area contributed by atoms with Crippen molar-refractivity contribution in [1.29, 1.82) is 0 Å². The van der Waals surface area contributed by atoms with Crippen molar-refractivity contribution in [3.05, 3.63) is 58.3 Å². The number of benzene rings is 2. The summed E-state index contributed by atoms with van der Waals surface area (Å²) in [6, 6.07) is 7.74. The molecule has 3 rings (SSSR count). The van der Waals surface area contributed by atoms with Gasteiger partial charge in [-0.05, 0) is 37.3 Å². The van der Waals surface area contributed by atoms with E-state index >= 15 is 0 Å². The number of hydrogen-bond acceptors (Lipinski definition) is 6. The van der Waals surface area contributed by atoms with Gasteiger partial charge in [0, 0.05) is 25.7 Å². The summed E-state index contributed by atoms with van der Waals surface area (Å²) in [5.41, 5.74) is 0.357. The summed E-state index contributed by atoms with van der Waals surface area (Å²) in [5.74, 6) is -1.98. The van der Waals surface area contributed by atoms with Crippen LogP contribution in [0.25, 0.3) is 11.1 Å². The van der Waals surface area contributed by atoms with E-state index in [0.29, 0.717) is 0 Å². The van der Waals surface area contributed by atoms with E-state index in [-0.39, 0.29) is 40.5 Å². The van der Waals surface area contributed by atoms with Crippen molar-refractivity contribution >= 4 is 26.9 Å². The minimum absolute atomic E-state index is 0.0311. The van der Waals surface area contributed by atoms with Crippen LogP contribution in [0.4, 0.5) is 4.39 Å². The van der Waals surface area contributed by atoms with E-state index in [1.54, 1.807) is 6.92 Å². The number of carbonyl (C=O) groups excluding carboxylic acids is 1. The van der Waals surface area contributed by atoms with E-state index < -0.39 is 27.4 Å². The Morgan fingerprint density at radius 2 is 1.93 bits per heavy atom. The number of sulfonamides is 1. The lowest BCUT2D eigenvalue weighted by atomic mass is 10.1. The molecule has 0 fully saturated rings. The van der Waals surface area contributed by atoms with Gasteiger partial charge in [0.1, 0.15) is 0 Å². The van der Waals surface area contributed by atoms with Crippen LogP contribution in [0.5, 0.6) is 5.75 Å². The highest BCUT2D eigenvalue weighted by molar-refractivity contribution is 7.89. The van der Waals surface area contributed by atoms with Crippen molar-refractivity contribution in [2.45, 2.75) is 18.4 Å². The summed E-state index contributed by atoms with van der Waals surface area (Å²) in [5, 5.41) is 0. The summed E-state index contributed by atoms with van der Waals surface area (Å²) < 4.78 is 50.8. The smallest absolute Gasteiger partial charge is 0.420 e. The molecule has 1 heterocycles. The second kappa shape index (κ2) is 7.80. The van der Waals surface area contributed by atoms with Crippen molar-refractivity contribution < 1.29 is 26.8 Å². The van der Waals surface area contributed by atoms with Crippen molar-refractivity contribution in [3.63, 3.8) is 0 Å². The second-order valence-electron chi connectivity index (χ2n) is 6.37. The second-order valence-corrected chi connectivity index (χ2v) is 8.52. The Labute approximate surface area is 166 Å². The summed E-state index contributed by atoms with van der Waals surface area (Å²) in [6.45, 7) is 1.61. The van der Waals surface area contributed by atoms with E-state index in [2.05, 4.69) is 0 Å². The van der Waals surface area contributed by atoms with Crippen LogP contribution in [-0.4, -0.2) is 43.8 Å². The molecular weight excluding hydrogens is 403 g/mol. The lowest BCUT2D eigenvalue weighted by molar-refractivity contribution is 0.0970. The van der Waals surface area contributed by atoms with Gasteiger partial charge < -0.3 is 9.15 Å². The standard InChI is InChI=1S/C19H19FN2O6S/c1-4-27-17-8-5-12(9-14(17)20)16(23)11-22-15-7-6-13(29(25,26)21(2)3)10-18(15)28-19(22)24/h5-10H,4,11H2,1-3H3. The lowest BCUT2D eigenvalue weighted by Gasteiger charge is -2.11. The topological polar surface area (TPSA) is 98.8 Å². The number of halogens is 1. The molecule has 0 unspecified atom stereocenters. The summed E-state index contributed by atoms with van der Waals surface area (Å²) in [7, 11) is -0.941. The number of rotatable bonds is 7. The number of carbonyl (C=O) groups is 1. The first-order chi connectivity index (χ1) is 13.6. The Hall–Kier alpha value is -2.98. The molecule has 2 aromatic carbocycles. The third kappa shape index (κ3) is 3.94. The van der Waals surface area contributed by atoms with Gasteiger partial charge in [-0.1, -0.05) is 0 Å². The molecule has 0 aliphatic carbocycles. The molecule has 0 amide bonds. The molecule has 10 heteroatoms. The fraction of sp³-hybridized carbons (Fsp3) is 0.263. The average molecular weight is 422 g/mol. The van der Waals surface area contributed by atoms with Crippen molar-refractivity contribution in [3.8, 4) is 5.75 Å². The molecule has 0 aliphatic rings. The maximum atomic E-state index is 14.0. The Balaban J connectivity index is 1.94. The average Bonchev–Trinajstić information content (AvgIpc) is 2.97. The number of ether oxygens (including phenoxy) is 1. The van der Waals surface area contributed by atoms with Crippen LogP contribution >= 0.6 is 0 Å². The zero-order chi connectivity index (χ0) is 21.3. The quantitative estimate of drug-likeness (QED) is 0.542. The van der Waals surface area contributed by atoms with E-state index in [1.165, 1.54) is 44.4 Å². The molecule has 154 valence electrons. The molecule has 0 saturated carbocycles. The van der Waals surface area contributed by atoms with E-state index in [1.807, 2.05) is 0 Å². The predicted octanol–water partition coefficient (Wildman–Crippen LogP) is 2.27. The minimum Gasteiger partial charge on any atom is -0.491 e. The van der Waals surface area contributed by atoms with Gasteiger partial charge in [-0.3, -0.25) is 9.36 Å². The van der Waals surface area contributed by atoms with E-state index in [9.17, 15) is 22.4 Å². The molecule has 8 nitrogen and oxygen atoms in total. The van der Waals surface area contributed by atoms with Crippen LogP contribution in [-0.2, 0) is 16.6 Å². The van der Waals surface area contributed by atoms with Gasteiger partial charge in [-0.25, -0.2) is 21.9 Å². The van der Waals surface area contributed by atoms with Gasteiger partial charge in [0.05, 0.1) is 23.6 Å². The van der Waals surface area contributed by atoms with Gasteiger partial charge in [0.25, 0.3) is 0 Å². The first-order valence-electron chi connectivity index (χ1n) is 8.66. The van der Waals surface area contributed by atoms with E-state index in [4.69, 9.17) is 9.15 Å². The Kier molecular flexibility index (Phi) is 5.58. The summed E-state index contributed by atoms with van der Waals surface area (Å²) in [4.78, 5) is 24.7. The van der Waals surface area contributed by atoms with Crippen LogP contribution in [0.2, 0.25) is 0 Å². The van der Waals surface area contributed by atoms with Crippen LogP contribution < -0.4 is 10.5 Å². The highest BCUT2D eigenvalue weighted by Gasteiger charge is 2.21. The predicted molar refractivity (Wildman–Crippen MR) is 103 cm³/mol. The number of fused-ring (bicyclic) bond motifs is 1. The zero-order valence-corrected chi connectivity index (χ0v) is 16.8. The lowest BCUT2D eigenvalue weighted by Crippen LogP contribution is -2.22. The normalized spacial score (nSPS) is 11.9. The first-order valence-corrected chi connectivity index (χ1v) is 10.1. The Morgan fingerprint density at radius 1 is 1.21 bits per heavy atom. The van der Waals surface area contributed by atoms with Crippen LogP contribution in [0.15, 0.2) is 50.5 Å². The molecule has 1 aromatic heterocycles. The van der Waals surface area contributed by atoms with Gasteiger partial charge in [-0.2, -0.15) is 0 Å². The largest absolute Gasteiger partial charge is 0.491 e. The number of ketones is 1. The number of Topliss-reactive ketones (excluding diaryl/α,β-unsaturated/α-hetero) is 1. The molecule has 3 aromatic rings. The Morgan fingerprint density at radius 3 is 2.55 bits per heavy atom. The number of oxazole rings is 1. The summed E-state index contributed by atoms with van der Waals surface area (Å²) in [6.07, 6.45) is 0. The molecule has 0 saturated heterocycles. The molecule has 0 aliphatic heterocycles. The third-order valence-electron chi connectivity index (χ3n) is 4.27. The molecule has 0 radical (unpaired) electrons. The van der Waals surface area contributed by atoms with E-state index in [0.717, 1.165) is 14.9 Å². The Bertz CT molecular complexity index is 1240. The number of hydrogen-bond donors (Lipinski definition) is 0. The molecular formula is C19H19FN2O6S.